The summed E-state index contributed by atoms with van der Waals surface area (Å²) in [6, 6.07) is 8.06. The third-order valence-corrected chi connectivity index (χ3v) is 7.01. The number of aromatic nitrogens is 4. The Hall–Kier alpha value is -2.84. The normalized spacial score (nSPS) is 20.1. The Labute approximate surface area is 178 Å². The van der Waals surface area contributed by atoms with Gasteiger partial charge in [0.05, 0.1) is 30.0 Å². The molecular weight excluding hydrogens is 396 g/mol. The number of amides is 1. The number of pyridine rings is 1. The van der Waals surface area contributed by atoms with Crippen LogP contribution in [0.5, 0.6) is 0 Å². The maximum Gasteiger partial charge on any atom is 0.225 e. The van der Waals surface area contributed by atoms with Crippen LogP contribution in [0.15, 0.2) is 36.8 Å². The minimum Gasteiger partial charge on any atom is -0.349 e. The summed E-state index contributed by atoms with van der Waals surface area (Å²) in [5.41, 5.74) is 10.9. The molecule has 0 saturated heterocycles. The van der Waals surface area contributed by atoms with Gasteiger partial charge in [-0.3, -0.25) is 4.79 Å². The molecule has 7 nitrogen and oxygen atoms in total. The number of nitrogens with zero attached hydrogens (tertiary/aromatic N) is 4. The predicted octanol–water partition coefficient (Wildman–Crippen LogP) is 3.55. The van der Waals surface area contributed by atoms with Crippen LogP contribution in [0.4, 0.5) is 0 Å². The predicted molar refractivity (Wildman–Crippen MR) is 119 cm³/mol. The van der Waals surface area contributed by atoms with Gasteiger partial charge in [-0.1, -0.05) is 36.0 Å². The lowest BCUT2D eigenvalue weighted by Crippen LogP contribution is -2.39. The largest absolute Gasteiger partial charge is 0.349 e. The molecule has 3 heterocycles. The minimum absolute atomic E-state index is 0.0254. The average molecular weight is 421 g/mol. The number of rotatable bonds is 4. The lowest BCUT2D eigenvalue weighted by atomic mass is 10.0. The fourth-order valence-corrected chi connectivity index (χ4v) is 5.20. The first-order valence-corrected chi connectivity index (χ1v) is 11.1. The SMILES string of the molecule is C[C@H](NC(=O)[C@@H]1CCC[C@@H]1N)c1cccc(-c2nc3c(ncc4ncn(C)c43)s2)c1. The van der Waals surface area contributed by atoms with Gasteiger partial charge in [0, 0.05) is 18.7 Å². The van der Waals surface area contributed by atoms with Gasteiger partial charge >= 0.3 is 0 Å². The number of nitrogens with one attached hydrogen (secondary N) is 1. The molecule has 1 fully saturated rings. The highest BCUT2D eigenvalue weighted by Crippen LogP contribution is 2.33. The van der Waals surface area contributed by atoms with E-state index in [0.717, 1.165) is 56.8 Å². The van der Waals surface area contributed by atoms with E-state index in [1.165, 1.54) is 0 Å². The molecule has 8 heteroatoms. The minimum atomic E-state index is -0.0958. The van der Waals surface area contributed by atoms with Crippen molar-refractivity contribution in [2.24, 2.45) is 18.7 Å². The molecule has 3 aromatic heterocycles. The molecule has 1 aliphatic carbocycles. The van der Waals surface area contributed by atoms with E-state index in [1.807, 2.05) is 36.7 Å². The summed E-state index contributed by atoms with van der Waals surface area (Å²) in [7, 11) is 1.97. The van der Waals surface area contributed by atoms with E-state index in [4.69, 9.17) is 10.7 Å². The Morgan fingerprint density at radius 1 is 1.33 bits per heavy atom. The van der Waals surface area contributed by atoms with Gasteiger partial charge in [0.25, 0.3) is 0 Å². The number of aryl methyl sites for hydroxylation is 1. The molecule has 1 amide bonds. The van der Waals surface area contributed by atoms with Crippen molar-refractivity contribution >= 4 is 38.6 Å². The lowest BCUT2D eigenvalue weighted by Gasteiger charge is -2.20. The Morgan fingerprint density at radius 2 is 2.20 bits per heavy atom. The summed E-state index contributed by atoms with van der Waals surface area (Å²) in [5.74, 6) is -0.0204. The lowest BCUT2D eigenvalue weighted by molar-refractivity contribution is -0.125. The molecule has 0 radical (unpaired) electrons. The molecule has 0 spiro atoms. The first-order chi connectivity index (χ1) is 14.5. The third kappa shape index (κ3) is 3.26. The van der Waals surface area contributed by atoms with Crippen molar-refractivity contribution in [2.45, 2.75) is 38.3 Å². The fourth-order valence-electron chi connectivity index (χ4n) is 4.29. The van der Waals surface area contributed by atoms with Crippen LogP contribution in [-0.2, 0) is 11.8 Å². The van der Waals surface area contributed by atoms with Crippen LogP contribution in [0.1, 0.15) is 37.8 Å². The van der Waals surface area contributed by atoms with Gasteiger partial charge in [0.1, 0.15) is 20.9 Å². The summed E-state index contributed by atoms with van der Waals surface area (Å²) < 4.78 is 1.98. The molecule has 0 aliphatic heterocycles. The fraction of sp³-hybridized carbons (Fsp3) is 0.364. The highest BCUT2D eigenvalue weighted by Gasteiger charge is 2.31. The van der Waals surface area contributed by atoms with Gasteiger partial charge in [-0.2, -0.15) is 0 Å². The van der Waals surface area contributed by atoms with E-state index in [9.17, 15) is 4.79 Å². The number of nitrogens with two attached hydrogens (primary N) is 1. The summed E-state index contributed by atoms with van der Waals surface area (Å²) >= 11 is 1.57. The van der Waals surface area contributed by atoms with Gasteiger partial charge in [-0.15, -0.1) is 0 Å². The molecule has 3 atom stereocenters. The van der Waals surface area contributed by atoms with Crippen LogP contribution in [0.25, 0.3) is 32.0 Å². The van der Waals surface area contributed by atoms with Gasteiger partial charge in [0.2, 0.25) is 5.91 Å². The summed E-state index contributed by atoms with van der Waals surface area (Å²) in [6.45, 7) is 2.01. The van der Waals surface area contributed by atoms with E-state index in [-0.39, 0.29) is 23.9 Å². The Morgan fingerprint density at radius 3 is 3.00 bits per heavy atom. The number of imidazole rings is 1. The monoisotopic (exact) mass is 420 g/mol. The Bertz CT molecular complexity index is 1250. The average Bonchev–Trinajstić information content (AvgIpc) is 3.46. The van der Waals surface area contributed by atoms with Crippen molar-refractivity contribution in [3.05, 3.63) is 42.4 Å². The quantitative estimate of drug-likeness (QED) is 0.526. The first kappa shape index (κ1) is 19.1. The number of hydrogen-bond donors (Lipinski definition) is 2. The van der Waals surface area contributed by atoms with Crippen molar-refractivity contribution in [3.8, 4) is 10.6 Å². The van der Waals surface area contributed by atoms with Crippen LogP contribution in [0.2, 0.25) is 0 Å². The molecule has 5 rings (SSSR count). The number of thiazole rings is 1. The van der Waals surface area contributed by atoms with Crippen LogP contribution in [0, 0.1) is 5.92 Å². The number of hydrogen-bond acceptors (Lipinski definition) is 6. The van der Waals surface area contributed by atoms with Crippen molar-refractivity contribution in [1.29, 1.82) is 0 Å². The second kappa shape index (κ2) is 7.45. The molecule has 1 saturated carbocycles. The highest BCUT2D eigenvalue weighted by molar-refractivity contribution is 7.21. The number of benzene rings is 1. The molecule has 4 aromatic rings. The van der Waals surface area contributed by atoms with Crippen LogP contribution in [-0.4, -0.2) is 31.5 Å². The number of carbonyl (C=O) groups is 1. The maximum atomic E-state index is 12.6. The summed E-state index contributed by atoms with van der Waals surface area (Å²) in [5, 5.41) is 4.05. The number of fused-ring (bicyclic) bond motifs is 3. The van der Waals surface area contributed by atoms with E-state index < -0.39 is 0 Å². The zero-order chi connectivity index (χ0) is 20.8. The molecule has 3 N–H and O–H groups in total. The molecule has 1 aliphatic rings. The third-order valence-electron chi connectivity index (χ3n) is 6.00. The van der Waals surface area contributed by atoms with E-state index in [0.29, 0.717) is 0 Å². The van der Waals surface area contributed by atoms with Gasteiger partial charge in [-0.05, 0) is 31.4 Å². The Kier molecular flexibility index (Phi) is 4.75. The standard InChI is InChI=1S/C22H24N6OS/c1-12(26-20(29)15-7-4-8-16(15)23)13-5-3-6-14(9-13)21-27-18-19-17(25-11-28(19)2)10-24-22(18)30-21/h3,5-6,9-12,15-16H,4,7-8,23H2,1-2H3,(H,26,29)/t12-,15+,16-/m0/s1. The topological polar surface area (TPSA) is 98.7 Å². The number of carbonyl (C=O) groups excluding carboxylic acids is 1. The molecule has 154 valence electrons. The Balaban J connectivity index is 1.44. The molecule has 30 heavy (non-hydrogen) atoms. The van der Waals surface area contributed by atoms with Crippen molar-refractivity contribution in [2.75, 3.05) is 0 Å². The molecule has 0 unspecified atom stereocenters. The molecule has 0 bridgehead atoms. The van der Waals surface area contributed by atoms with Crippen molar-refractivity contribution in [1.82, 2.24) is 24.8 Å². The van der Waals surface area contributed by atoms with Gasteiger partial charge in [0.15, 0.2) is 0 Å². The summed E-state index contributed by atoms with van der Waals surface area (Å²) in [6.07, 6.45) is 6.41. The van der Waals surface area contributed by atoms with E-state index in [1.54, 1.807) is 23.9 Å². The van der Waals surface area contributed by atoms with Gasteiger partial charge in [-0.25, -0.2) is 15.0 Å². The smallest absolute Gasteiger partial charge is 0.225 e. The zero-order valence-electron chi connectivity index (χ0n) is 17.0. The zero-order valence-corrected chi connectivity index (χ0v) is 17.8. The van der Waals surface area contributed by atoms with Crippen LogP contribution < -0.4 is 11.1 Å². The van der Waals surface area contributed by atoms with Crippen molar-refractivity contribution < 1.29 is 4.79 Å². The maximum absolute atomic E-state index is 12.6. The van der Waals surface area contributed by atoms with Crippen LogP contribution >= 0.6 is 11.3 Å². The van der Waals surface area contributed by atoms with Crippen molar-refractivity contribution in [3.63, 3.8) is 0 Å². The van der Waals surface area contributed by atoms with E-state index in [2.05, 4.69) is 21.4 Å². The second-order valence-corrected chi connectivity index (χ2v) is 9.05. The summed E-state index contributed by atoms with van der Waals surface area (Å²) in [4.78, 5) is 27.3. The highest BCUT2D eigenvalue weighted by atomic mass is 32.1. The van der Waals surface area contributed by atoms with E-state index >= 15 is 0 Å². The molecule has 1 aromatic carbocycles. The van der Waals surface area contributed by atoms with Gasteiger partial charge < -0.3 is 15.6 Å². The molecular formula is C22H24N6OS. The first-order valence-electron chi connectivity index (χ1n) is 10.2. The van der Waals surface area contributed by atoms with Crippen LogP contribution in [0.3, 0.4) is 0 Å². The second-order valence-electron chi connectivity index (χ2n) is 8.08.